The van der Waals surface area contributed by atoms with Crippen LogP contribution in [0.1, 0.15) is 52.1 Å². The molecule has 1 aromatic heterocycles. The smallest absolute Gasteiger partial charge is 0.261 e. The Morgan fingerprint density at radius 1 is 0.968 bits per heavy atom. The lowest BCUT2D eigenvalue weighted by atomic mass is 9.94. The summed E-state index contributed by atoms with van der Waals surface area (Å²) in [7, 11) is 0. The maximum absolute atomic E-state index is 13.0. The van der Waals surface area contributed by atoms with Crippen LogP contribution in [0.25, 0.3) is 10.8 Å². The summed E-state index contributed by atoms with van der Waals surface area (Å²) in [6, 6.07) is 17.0. The Labute approximate surface area is 180 Å². The molecule has 31 heavy (non-hydrogen) atoms. The van der Waals surface area contributed by atoms with Crippen molar-refractivity contribution < 1.29 is 14.4 Å². The summed E-state index contributed by atoms with van der Waals surface area (Å²) in [5.74, 6) is -0.517. The van der Waals surface area contributed by atoms with Gasteiger partial charge in [0.25, 0.3) is 11.8 Å². The first-order chi connectivity index (χ1) is 15.1. The van der Waals surface area contributed by atoms with Crippen LogP contribution in [0.4, 0.5) is 0 Å². The van der Waals surface area contributed by atoms with Crippen molar-refractivity contribution in [1.29, 1.82) is 0 Å². The van der Waals surface area contributed by atoms with Gasteiger partial charge in [0.2, 0.25) is 5.91 Å². The van der Waals surface area contributed by atoms with Crippen LogP contribution in [-0.2, 0) is 11.3 Å². The number of rotatable bonds is 7. The predicted molar refractivity (Wildman–Crippen MR) is 116 cm³/mol. The maximum atomic E-state index is 13.0. The van der Waals surface area contributed by atoms with Gasteiger partial charge in [0, 0.05) is 41.7 Å². The molecule has 0 N–H and O–H groups in total. The number of nitrogens with zero attached hydrogens (tertiary/aromatic N) is 3. The van der Waals surface area contributed by atoms with E-state index in [1.54, 1.807) is 18.3 Å². The van der Waals surface area contributed by atoms with Crippen molar-refractivity contribution in [1.82, 2.24) is 14.8 Å². The number of hydrogen-bond donors (Lipinski definition) is 0. The molecule has 0 spiro atoms. The number of carbonyl (C=O) groups is 3. The topological polar surface area (TPSA) is 70.6 Å². The van der Waals surface area contributed by atoms with E-state index in [1.165, 1.54) is 4.90 Å². The molecule has 2 heterocycles. The number of amides is 3. The third kappa shape index (κ3) is 3.69. The van der Waals surface area contributed by atoms with Crippen LogP contribution in [0.5, 0.6) is 0 Å². The predicted octanol–water partition coefficient (Wildman–Crippen LogP) is 3.80. The van der Waals surface area contributed by atoms with Crippen molar-refractivity contribution in [2.75, 3.05) is 6.54 Å². The van der Waals surface area contributed by atoms with Gasteiger partial charge in [-0.2, -0.15) is 0 Å². The highest BCUT2D eigenvalue weighted by molar-refractivity contribution is 6.25. The molecule has 6 heteroatoms. The zero-order valence-electron chi connectivity index (χ0n) is 17.2. The number of imide groups is 1. The van der Waals surface area contributed by atoms with E-state index in [1.807, 2.05) is 47.4 Å². The minimum atomic E-state index is -0.283. The molecule has 3 amide bonds. The van der Waals surface area contributed by atoms with Crippen LogP contribution in [0.15, 0.2) is 60.8 Å². The van der Waals surface area contributed by atoms with E-state index in [0.717, 1.165) is 29.3 Å². The highest BCUT2D eigenvalue weighted by Gasteiger charge is 2.34. The SMILES string of the molecule is O=C1c2cccc3cccc(c23)C(=O)N1CCCC(=O)N(Cc1ccccn1)C1CC1. The molecule has 1 aliphatic carbocycles. The van der Waals surface area contributed by atoms with Crippen LogP contribution in [0, 0.1) is 0 Å². The zero-order valence-corrected chi connectivity index (χ0v) is 17.2. The normalized spacial score (nSPS) is 15.4. The summed E-state index contributed by atoms with van der Waals surface area (Å²) in [6.07, 6.45) is 4.51. The van der Waals surface area contributed by atoms with Gasteiger partial charge in [-0.15, -0.1) is 0 Å². The fourth-order valence-electron chi connectivity index (χ4n) is 4.29. The van der Waals surface area contributed by atoms with Crippen LogP contribution in [-0.4, -0.2) is 45.1 Å². The molecule has 1 fully saturated rings. The minimum absolute atomic E-state index is 0.0487. The molecule has 0 bridgehead atoms. The third-order valence-electron chi connectivity index (χ3n) is 5.99. The van der Waals surface area contributed by atoms with E-state index in [2.05, 4.69) is 4.98 Å². The van der Waals surface area contributed by atoms with E-state index >= 15 is 0 Å². The second-order valence-corrected chi connectivity index (χ2v) is 8.15. The quantitative estimate of drug-likeness (QED) is 0.553. The van der Waals surface area contributed by atoms with E-state index in [0.29, 0.717) is 30.5 Å². The van der Waals surface area contributed by atoms with E-state index < -0.39 is 0 Å². The van der Waals surface area contributed by atoms with Crippen molar-refractivity contribution in [3.05, 3.63) is 77.6 Å². The Balaban J connectivity index is 1.26. The second kappa shape index (κ2) is 7.95. The summed E-state index contributed by atoms with van der Waals surface area (Å²) >= 11 is 0. The Morgan fingerprint density at radius 2 is 1.68 bits per heavy atom. The van der Waals surface area contributed by atoms with Gasteiger partial charge in [0.15, 0.2) is 0 Å². The highest BCUT2D eigenvalue weighted by atomic mass is 16.2. The molecule has 1 saturated carbocycles. The molecule has 5 rings (SSSR count). The lowest BCUT2D eigenvalue weighted by molar-refractivity contribution is -0.132. The molecule has 2 aliphatic rings. The van der Waals surface area contributed by atoms with Gasteiger partial charge in [-0.05, 0) is 48.9 Å². The van der Waals surface area contributed by atoms with Gasteiger partial charge >= 0.3 is 0 Å². The Kier molecular flexibility index (Phi) is 4.98. The standard InChI is InChI=1S/C25H23N3O3/c29-22(28(19-12-13-19)16-18-8-1-2-14-26-18)11-5-15-27-24(30)20-9-3-6-17-7-4-10-21(23(17)20)25(27)31/h1-4,6-10,14,19H,5,11-13,15-16H2. The van der Waals surface area contributed by atoms with Crippen molar-refractivity contribution in [2.45, 2.75) is 38.3 Å². The lowest BCUT2D eigenvalue weighted by Crippen LogP contribution is -2.41. The molecular weight excluding hydrogens is 390 g/mol. The van der Waals surface area contributed by atoms with Crippen molar-refractivity contribution in [3.8, 4) is 0 Å². The molecule has 0 saturated heterocycles. The van der Waals surface area contributed by atoms with Gasteiger partial charge < -0.3 is 4.90 Å². The van der Waals surface area contributed by atoms with Crippen LogP contribution >= 0.6 is 0 Å². The molecule has 0 radical (unpaired) electrons. The first kappa shape index (κ1) is 19.4. The van der Waals surface area contributed by atoms with Crippen molar-refractivity contribution >= 4 is 28.5 Å². The Bertz CT molecular complexity index is 1120. The number of pyridine rings is 1. The number of hydrogen-bond acceptors (Lipinski definition) is 4. The third-order valence-corrected chi connectivity index (χ3v) is 5.99. The monoisotopic (exact) mass is 413 g/mol. The summed E-state index contributed by atoms with van der Waals surface area (Å²) in [6.45, 7) is 0.734. The molecule has 1 aliphatic heterocycles. The van der Waals surface area contributed by atoms with Gasteiger partial charge in [-0.25, -0.2) is 0 Å². The van der Waals surface area contributed by atoms with Crippen LogP contribution in [0.2, 0.25) is 0 Å². The molecule has 0 atom stereocenters. The van der Waals surface area contributed by atoms with Crippen LogP contribution in [0.3, 0.4) is 0 Å². The van der Waals surface area contributed by atoms with Gasteiger partial charge in [0.05, 0.1) is 12.2 Å². The molecular formula is C25H23N3O3. The average molecular weight is 413 g/mol. The largest absolute Gasteiger partial charge is 0.334 e. The van der Waals surface area contributed by atoms with Gasteiger partial charge in [-0.1, -0.05) is 30.3 Å². The first-order valence-corrected chi connectivity index (χ1v) is 10.7. The van der Waals surface area contributed by atoms with Crippen molar-refractivity contribution in [3.63, 3.8) is 0 Å². The lowest BCUT2D eigenvalue weighted by Gasteiger charge is -2.27. The molecule has 0 unspecified atom stereocenters. The number of carbonyl (C=O) groups excluding carboxylic acids is 3. The number of benzene rings is 2. The van der Waals surface area contributed by atoms with Crippen molar-refractivity contribution in [2.24, 2.45) is 0 Å². The average Bonchev–Trinajstić information content (AvgIpc) is 3.64. The first-order valence-electron chi connectivity index (χ1n) is 10.7. The molecule has 2 aromatic carbocycles. The number of aromatic nitrogens is 1. The summed E-state index contributed by atoms with van der Waals surface area (Å²) in [4.78, 5) is 46.4. The zero-order chi connectivity index (χ0) is 21.4. The van der Waals surface area contributed by atoms with Gasteiger partial charge in [-0.3, -0.25) is 24.3 Å². The van der Waals surface area contributed by atoms with Crippen LogP contribution < -0.4 is 0 Å². The maximum Gasteiger partial charge on any atom is 0.261 e. The molecule has 156 valence electrons. The summed E-state index contributed by atoms with van der Waals surface area (Å²) in [5.41, 5.74) is 1.97. The minimum Gasteiger partial charge on any atom is -0.334 e. The Morgan fingerprint density at radius 3 is 2.29 bits per heavy atom. The summed E-state index contributed by atoms with van der Waals surface area (Å²) < 4.78 is 0. The van der Waals surface area contributed by atoms with E-state index in [9.17, 15) is 14.4 Å². The van der Waals surface area contributed by atoms with Gasteiger partial charge in [0.1, 0.15) is 0 Å². The fraction of sp³-hybridized carbons (Fsp3) is 0.280. The summed E-state index contributed by atoms with van der Waals surface area (Å²) in [5, 5.41) is 1.61. The molecule has 6 nitrogen and oxygen atoms in total. The second-order valence-electron chi connectivity index (χ2n) is 8.15. The Hall–Kier alpha value is -3.54. The fourth-order valence-corrected chi connectivity index (χ4v) is 4.29. The molecule has 3 aromatic rings. The van der Waals surface area contributed by atoms with E-state index in [-0.39, 0.29) is 30.3 Å². The van der Waals surface area contributed by atoms with E-state index in [4.69, 9.17) is 0 Å². The highest BCUT2D eigenvalue weighted by Crippen LogP contribution is 2.31.